The second-order valence-corrected chi connectivity index (χ2v) is 9.69. The van der Waals surface area contributed by atoms with Gasteiger partial charge in [-0.2, -0.15) is 0 Å². The van der Waals surface area contributed by atoms with Crippen molar-refractivity contribution < 1.29 is 27.4 Å². The average Bonchev–Trinajstić information content (AvgIpc) is 3.48. The van der Waals surface area contributed by atoms with Gasteiger partial charge in [-0.15, -0.1) is 10.2 Å². The highest BCUT2D eigenvalue weighted by atomic mass is 32.2. The van der Waals surface area contributed by atoms with E-state index in [1.54, 1.807) is 55.5 Å². The first-order valence-electron chi connectivity index (χ1n) is 10.6. The first-order chi connectivity index (χ1) is 16.8. The number of rotatable bonds is 9. The number of sulfonamides is 1. The van der Waals surface area contributed by atoms with Gasteiger partial charge in [0.15, 0.2) is 5.76 Å². The third kappa shape index (κ3) is 4.70. The van der Waals surface area contributed by atoms with Gasteiger partial charge in [-0.3, -0.25) is 14.3 Å². The van der Waals surface area contributed by atoms with E-state index in [1.807, 2.05) is 0 Å². The van der Waals surface area contributed by atoms with Gasteiger partial charge >= 0.3 is 0 Å². The maximum absolute atomic E-state index is 13.3. The predicted molar refractivity (Wildman–Crippen MR) is 128 cm³/mol. The Morgan fingerprint density at radius 3 is 2.31 bits per heavy atom. The summed E-state index contributed by atoms with van der Waals surface area (Å²) in [7, 11) is -1.21. The minimum Gasteiger partial charge on any atom is -0.494 e. The van der Waals surface area contributed by atoms with Gasteiger partial charge in [0.1, 0.15) is 34.3 Å². The molecular formula is C23H25N5O6S. The number of hydrogen-bond acceptors (Lipinski definition) is 9. The first kappa shape index (κ1) is 24.2. The Balaban J connectivity index is 1.83. The Bertz CT molecular complexity index is 1400. The van der Waals surface area contributed by atoms with Crippen molar-refractivity contribution in [2.45, 2.75) is 25.2 Å². The van der Waals surface area contributed by atoms with Crippen LogP contribution in [0.5, 0.6) is 11.5 Å². The molecular weight excluding hydrogens is 474 g/mol. The summed E-state index contributed by atoms with van der Waals surface area (Å²) in [4.78, 5) is 4.06. The molecule has 11 nitrogen and oxygen atoms in total. The van der Waals surface area contributed by atoms with Crippen LogP contribution < -0.4 is 14.2 Å². The van der Waals surface area contributed by atoms with Crippen molar-refractivity contribution in [3.8, 4) is 28.8 Å². The molecule has 0 saturated carbocycles. The van der Waals surface area contributed by atoms with Crippen molar-refractivity contribution in [3.63, 3.8) is 0 Å². The maximum atomic E-state index is 13.3. The standard InChI is InChI=1S/C23H25N5O6S/c1-14-11-12-19(34-14)22-25-26-23(28(22)20-17(32-3)9-7-10-18(20)33-4)27-35(30,31)15(2)21(29)16-8-5-6-13-24-16/h5-13,15,21,29H,1-4H3,(H,26,27)/t15-,21+/m1/s1. The van der Waals surface area contributed by atoms with E-state index in [0.717, 1.165) is 0 Å². The van der Waals surface area contributed by atoms with E-state index < -0.39 is 21.4 Å². The molecule has 0 fully saturated rings. The largest absolute Gasteiger partial charge is 0.494 e. The normalized spacial score (nSPS) is 13.3. The molecule has 0 spiro atoms. The van der Waals surface area contributed by atoms with E-state index in [0.29, 0.717) is 28.7 Å². The van der Waals surface area contributed by atoms with Crippen LogP contribution in [0.4, 0.5) is 5.95 Å². The molecule has 0 aliphatic carbocycles. The Morgan fingerprint density at radius 2 is 1.74 bits per heavy atom. The minimum absolute atomic E-state index is 0.142. The van der Waals surface area contributed by atoms with Crippen LogP contribution in [-0.2, 0) is 10.0 Å². The smallest absolute Gasteiger partial charge is 0.243 e. The van der Waals surface area contributed by atoms with Gasteiger partial charge in [0.2, 0.25) is 21.8 Å². The number of aliphatic hydroxyl groups excluding tert-OH is 1. The second-order valence-electron chi connectivity index (χ2n) is 7.66. The van der Waals surface area contributed by atoms with Crippen LogP contribution in [0.1, 0.15) is 24.5 Å². The zero-order valence-electron chi connectivity index (χ0n) is 19.5. The topological polar surface area (TPSA) is 142 Å². The van der Waals surface area contributed by atoms with Crippen molar-refractivity contribution >= 4 is 16.0 Å². The molecule has 2 N–H and O–H groups in total. The number of benzene rings is 1. The first-order valence-corrected chi connectivity index (χ1v) is 12.2. The van der Waals surface area contributed by atoms with E-state index in [9.17, 15) is 13.5 Å². The Kier molecular flexibility index (Phi) is 6.76. The summed E-state index contributed by atoms with van der Waals surface area (Å²) < 4.78 is 47.3. The fraction of sp³-hybridized carbons (Fsp3) is 0.261. The van der Waals surface area contributed by atoms with Crippen LogP contribution in [0, 0.1) is 6.92 Å². The molecule has 12 heteroatoms. The number of furan rings is 1. The summed E-state index contributed by atoms with van der Waals surface area (Å²) in [5.74, 6) is 1.84. The van der Waals surface area contributed by atoms with Crippen LogP contribution in [0.3, 0.4) is 0 Å². The number of hydrogen-bond donors (Lipinski definition) is 2. The number of nitrogens with zero attached hydrogens (tertiary/aromatic N) is 4. The van der Waals surface area contributed by atoms with Crippen LogP contribution in [-0.4, -0.2) is 52.7 Å². The van der Waals surface area contributed by atoms with Crippen molar-refractivity contribution in [1.82, 2.24) is 19.7 Å². The lowest BCUT2D eigenvalue weighted by molar-refractivity contribution is 0.171. The quantitative estimate of drug-likeness (QED) is 0.355. The summed E-state index contributed by atoms with van der Waals surface area (Å²) >= 11 is 0. The van der Waals surface area contributed by atoms with Crippen LogP contribution in [0.15, 0.2) is 59.1 Å². The van der Waals surface area contributed by atoms with Gasteiger partial charge in [-0.25, -0.2) is 8.42 Å². The monoisotopic (exact) mass is 499 g/mol. The highest BCUT2D eigenvalue weighted by molar-refractivity contribution is 7.93. The number of methoxy groups -OCH3 is 2. The molecule has 4 aromatic rings. The molecule has 4 rings (SSSR count). The molecule has 1 aromatic carbocycles. The Morgan fingerprint density at radius 1 is 1.03 bits per heavy atom. The SMILES string of the molecule is COc1cccc(OC)c1-n1c(NS(=O)(=O)[C@H](C)[C@H](O)c2ccccn2)nnc1-c1ccc(C)o1. The van der Waals surface area contributed by atoms with Crippen LogP contribution in [0.25, 0.3) is 17.3 Å². The molecule has 0 radical (unpaired) electrons. The number of aromatic nitrogens is 4. The van der Waals surface area contributed by atoms with Crippen LogP contribution in [0.2, 0.25) is 0 Å². The van der Waals surface area contributed by atoms with Crippen molar-refractivity contribution in [2.75, 3.05) is 18.9 Å². The molecule has 0 unspecified atom stereocenters. The summed E-state index contributed by atoms with van der Waals surface area (Å²) in [6, 6.07) is 13.5. The van der Waals surface area contributed by atoms with E-state index in [2.05, 4.69) is 19.9 Å². The molecule has 3 heterocycles. The molecule has 0 amide bonds. The predicted octanol–water partition coefficient (Wildman–Crippen LogP) is 3.11. The molecule has 0 aliphatic rings. The molecule has 0 aliphatic heterocycles. The van der Waals surface area contributed by atoms with E-state index in [4.69, 9.17) is 13.9 Å². The van der Waals surface area contributed by atoms with E-state index in [1.165, 1.54) is 31.9 Å². The number of aliphatic hydroxyl groups is 1. The fourth-order valence-electron chi connectivity index (χ4n) is 3.51. The number of ether oxygens (including phenoxy) is 2. The number of aryl methyl sites for hydroxylation is 1. The molecule has 2 atom stereocenters. The maximum Gasteiger partial charge on any atom is 0.243 e. The van der Waals surface area contributed by atoms with E-state index >= 15 is 0 Å². The molecule has 0 bridgehead atoms. The summed E-state index contributed by atoms with van der Waals surface area (Å²) in [6.07, 6.45) is 0.103. The highest BCUT2D eigenvalue weighted by Crippen LogP contribution is 2.38. The molecule has 3 aromatic heterocycles. The van der Waals surface area contributed by atoms with E-state index in [-0.39, 0.29) is 17.5 Å². The third-order valence-electron chi connectivity index (χ3n) is 5.41. The van der Waals surface area contributed by atoms with Gasteiger partial charge in [0, 0.05) is 6.20 Å². The van der Waals surface area contributed by atoms with Crippen LogP contribution >= 0.6 is 0 Å². The lowest BCUT2D eigenvalue weighted by atomic mass is 10.2. The van der Waals surface area contributed by atoms with Gasteiger partial charge in [-0.05, 0) is 50.2 Å². The lowest BCUT2D eigenvalue weighted by Gasteiger charge is -2.21. The van der Waals surface area contributed by atoms with Gasteiger partial charge < -0.3 is 19.0 Å². The number of nitrogens with one attached hydrogen (secondary N) is 1. The van der Waals surface area contributed by atoms with Crippen molar-refractivity contribution in [2.24, 2.45) is 0 Å². The van der Waals surface area contributed by atoms with Gasteiger partial charge in [0.25, 0.3) is 0 Å². The third-order valence-corrected chi connectivity index (χ3v) is 7.11. The zero-order chi connectivity index (χ0) is 25.2. The van der Waals surface area contributed by atoms with Gasteiger partial charge in [0.05, 0.1) is 19.9 Å². The Labute approximate surface area is 202 Å². The molecule has 0 saturated heterocycles. The van der Waals surface area contributed by atoms with Crippen molar-refractivity contribution in [3.05, 3.63) is 66.2 Å². The lowest BCUT2D eigenvalue weighted by Crippen LogP contribution is -2.32. The number of anilines is 1. The average molecular weight is 500 g/mol. The summed E-state index contributed by atoms with van der Waals surface area (Å²) in [5.41, 5.74) is 0.590. The summed E-state index contributed by atoms with van der Waals surface area (Å²) in [5, 5.41) is 17.7. The number of para-hydroxylation sites is 1. The second kappa shape index (κ2) is 9.76. The minimum atomic E-state index is -4.17. The van der Waals surface area contributed by atoms with Crippen molar-refractivity contribution in [1.29, 1.82) is 0 Å². The Hall–Kier alpha value is -3.90. The molecule has 184 valence electrons. The fourth-order valence-corrected chi connectivity index (χ4v) is 4.56. The number of pyridine rings is 1. The highest BCUT2D eigenvalue weighted by Gasteiger charge is 2.33. The zero-order valence-corrected chi connectivity index (χ0v) is 20.4. The molecule has 35 heavy (non-hydrogen) atoms. The summed E-state index contributed by atoms with van der Waals surface area (Å²) in [6.45, 7) is 3.15. The van der Waals surface area contributed by atoms with Gasteiger partial charge in [-0.1, -0.05) is 12.1 Å².